The van der Waals surface area contributed by atoms with Gasteiger partial charge in [0.05, 0.1) is 11.7 Å². The van der Waals surface area contributed by atoms with Crippen molar-refractivity contribution < 1.29 is 0 Å². The van der Waals surface area contributed by atoms with Crippen LogP contribution in [0.1, 0.15) is 38.9 Å². The molecule has 0 saturated carbocycles. The van der Waals surface area contributed by atoms with Gasteiger partial charge in [-0.05, 0) is 19.4 Å². The van der Waals surface area contributed by atoms with Crippen molar-refractivity contribution in [1.29, 1.82) is 0 Å². The summed E-state index contributed by atoms with van der Waals surface area (Å²) in [5.41, 5.74) is 8.10. The summed E-state index contributed by atoms with van der Waals surface area (Å²) in [6.45, 7) is 7.31. The van der Waals surface area contributed by atoms with Crippen molar-refractivity contribution in [2.45, 2.75) is 45.7 Å². The topological polar surface area (TPSA) is 56.7 Å². The first-order chi connectivity index (χ1) is 8.15. The van der Waals surface area contributed by atoms with Gasteiger partial charge in [0, 0.05) is 24.7 Å². The van der Waals surface area contributed by atoms with Crippen LogP contribution in [0.5, 0.6) is 0 Å². The van der Waals surface area contributed by atoms with Gasteiger partial charge in [0.2, 0.25) is 0 Å². The fraction of sp³-hybridized carbons (Fsp3) is 0.538. The molecule has 0 saturated heterocycles. The Balaban J connectivity index is 2.57. The quantitative estimate of drug-likeness (QED) is 0.880. The third-order valence-electron chi connectivity index (χ3n) is 3.22. The van der Waals surface area contributed by atoms with Crippen LogP contribution in [0, 0.1) is 0 Å². The maximum Gasteiger partial charge on any atom is 0.114 e. The molecule has 17 heavy (non-hydrogen) atoms. The number of hydrogen-bond acceptors (Lipinski definition) is 3. The zero-order valence-electron chi connectivity index (χ0n) is 10.7. The molecule has 2 heterocycles. The summed E-state index contributed by atoms with van der Waals surface area (Å²) in [6, 6.07) is 2.13. The zero-order valence-corrected chi connectivity index (χ0v) is 10.7. The molecule has 0 fully saturated rings. The van der Waals surface area contributed by atoms with Gasteiger partial charge < -0.3 is 10.3 Å². The molecule has 0 aliphatic heterocycles. The molecule has 0 aromatic carbocycles. The van der Waals surface area contributed by atoms with Crippen LogP contribution in [0.4, 0.5) is 0 Å². The Bertz CT molecular complexity index is 501. The predicted molar refractivity (Wildman–Crippen MR) is 69.9 cm³/mol. The minimum atomic E-state index is 0.107. The lowest BCUT2D eigenvalue weighted by atomic mass is 10.0. The molecule has 0 amide bonds. The Morgan fingerprint density at radius 1 is 1.41 bits per heavy atom. The largest absolute Gasteiger partial charge is 0.328 e. The lowest BCUT2D eigenvalue weighted by Crippen LogP contribution is -2.25. The minimum absolute atomic E-state index is 0.107. The highest BCUT2D eigenvalue weighted by Crippen LogP contribution is 2.23. The van der Waals surface area contributed by atoms with E-state index in [1.807, 2.05) is 25.4 Å². The fourth-order valence-electron chi connectivity index (χ4n) is 2.04. The van der Waals surface area contributed by atoms with E-state index in [1.165, 1.54) is 0 Å². The fourth-order valence-corrected chi connectivity index (χ4v) is 2.04. The molecule has 2 aromatic heterocycles. The summed E-state index contributed by atoms with van der Waals surface area (Å²) in [6.07, 6.45) is 4.72. The highest BCUT2D eigenvalue weighted by Gasteiger charge is 2.18. The molecule has 4 heteroatoms. The number of fused-ring (bicyclic) bond motifs is 1. The molecule has 0 aliphatic carbocycles. The van der Waals surface area contributed by atoms with Crippen LogP contribution < -0.4 is 5.73 Å². The molecular weight excluding hydrogens is 212 g/mol. The number of aryl methyl sites for hydroxylation is 1. The number of imidazole rings is 1. The smallest absolute Gasteiger partial charge is 0.114 e. The molecule has 2 N–H and O–H groups in total. The Labute approximate surface area is 102 Å². The van der Waals surface area contributed by atoms with Crippen LogP contribution in [0.25, 0.3) is 11.0 Å². The maximum atomic E-state index is 5.99. The van der Waals surface area contributed by atoms with Crippen molar-refractivity contribution in [2.24, 2.45) is 5.73 Å². The van der Waals surface area contributed by atoms with Crippen LogP contribution in [-0.4, -0.2) is 20.6 Å². The average molecular weight is 232 g/mol. The summed E-state index contributed by atoms with van der Waals surface area (Å²) >= 11 is 0. The normalized spacial score (nSPS) is 15.1. The predicted octanol–water partition coefficient (Wildman–Crippen LogP) is 2.29. The van der Waals surface area contributed by atoms with E-state index in [1.54, 1.807) is 0 Å². The molecule has 2 atom stereocenters. The second-order valence-corrected chi connectivity index (χ2v) is 4.63. The summed E-state index contributed by atoms with van der Waals surface area (Å²) in [7, 11) is 0. The number of nitrogens with zero attached hydrogens (tertiary/aromatic N) is 3. The second-order valence-electron chi connectivity index (χ2n) is 4.63. The molecule has 0 radical (unpaired) electrons. The molecule has 0 aliphatic rings. The molecule has 92 valence electrons. The molecular formula is C13H20N4. The third kappa shape index (κ3) is 2.17. The van der Waals surface area contributed by atoms with Crippen LogP contribution in [0.15, 0.2) is 18.5 Å². The van der Waals surface area contributed by atoms with Gasteiger partial charge in [-0.3, -0.25) is 4.98 Å². The number of pyridine rings is 1. The highest BCUT2D eigenvalue weighted by molar-refractivity contribution is 5.74. The van der Waals surface area contributed by atoms with E-state index in [4.69, 9.17) is 5.73 Å². The maximum absolute atomic E-state index is 5.99. The van der Waals surface area contributed by atoms with Gasteiger partial charge in [-0.2, -0.15) is 0 Å². The van der Waals surface area contributed by atoms with E-state index < -0.39 is 0 Å². The van der Waals surface area contributed by atoms with E-state index in [0.29, 0.717) is 0 Å². The molecule has 0 bridgehead atoms. The molecule has 4 nitrogen and oxygen atoms in total. The van der Waals surface area contributed by atoms with E-state index in [2.05, 4.69) is 28.4 Å². The number of nitrogens with two attached hydrogens (primary N) is 1. The van der Waals surface area contributed by atoms with Gasteiger partial charge in [-0.1, -0.05) is 13.8 Å². The van der Waals surface area contributed by atoms with Gasteiger partial charge >= 0.3 is 0 Å². The zero-order chi connectivity index (χ0) is 12.4. The van der Waals surface area contributed by atoms with Crippen LogP contribution >= 0.6 is 0 Å². The summed E-state index contributed by atoms with van der Waals surface area (Å²) in [5.74, 6) is 1.33. The Hall–Kier alpha value is -1.42. The van der Waals surface area contributed by atoms with E-state index in [0.717, 1.165) is 29.8 Å². The van der Waals surface area contributed by atoms with Crippen LogP contribution in [0.3, 0.4) is 0 Å². The van der Waals surface area contributed by atoms with Gasteiger partial charge in [0.25, 0.3) is 0 Å². The Kier molecular flexibility index (Phi) is 3.43. The van der Waals surface area contributed by atoms with Gasteiger partial charge in [-0.25, -0.2) is 4.98 Å². The van der Waals surface area contributed by atoms with Gasteiger partial charge in [0.1, 0.15) is 11.3 Å². The van der Waals surface area contributed by atoms with E-state index >= 15 is 0 Å². The number of hydrogen-bond donors (Lipinski definition) is 1. The SMILES string of the molecule is CCCn1c(C(C)C(C)N)nc2cnccc21. The summed E-state index contributed by atoms with van der Waals surface area (Å²) in [4.78, 5) is 8.80. The van der Waals surface area contributed by atoms with Crippen molar-refractivity contribution >= 4 is 11.0 Å². The number of aromatic nitrogens is 3. The van der Waals surface area contributed by atoms with Crippen molar-refractivity contribution in [1.82, 2.24) is 14.5 Å². The lowest BCUT2D eigenvalue weighted by molar-refractivity contribution is 0.539. The molecule has 0 spiro atoms. The lowest BCUT2D eigenvalue weighted by Gasteiger charge is -2.17. The van der Waals surface area contributed by atoms with Crippen LogP contribution in [0.2, 0.25) is 0 Å². The monoisotopic (exact) mass is 232 g/mol. The first-order valence-electron chi connectivity index (χ1n) is 6.20. The summed E-state index contributed by atoms with van der Waals surface area (Å²) < 4.78 is 2.27. The average Bonchev–Trinajstić information content (AvgIpc) is 2.68. The highest BCUT2D eigenvalue weighted by atomic mass is 15.1. The van der Waals surface area contributed by atoms with Crippen LogP contribution in [-0.2, 0) is 6.54 Å². The Morgan fingerprint density at radius 2 is 2.18 bits per heavy atom. The van der Waals surface area contributed by atoms with Crippen molar-refractivity contribution in [2.75, 3.05) is 0 Å². The minimum Gasteiger partial charge on any atom is -0.328 e. The van der Waals surface area contributed by atoms with Gasteiger partial charge in [-0.15, -0.1) is 0 Å². The van der Waals surface area contributed by atoms with Crippen molar-refractivity contribution in [3.05, 3.63) is 24.3 Å². The first-order valence-corrected chi connectivity index (χ1v) is 6.20. The second kappa shape index (κ2) is 4.84. The van der Waals surface area contributed by atoms with Gasteiger partial charge in [0.15, 0.2) is 0 Å². The standard InChI is InChI=1S/C13H20N4/c1-4-7-17-12-5-6-15-8-11(12)16-13(17)9(2)10(3)14/h5-6,8-10H,4,7,14H2,1-3H3. The number of rotatable bonds is 4. The van der Waals surface area contributed by atoms with Crippen molar-refractivity contribution in [3.63, 3.8) is 0 Å². The first kappa shape index (κ1) is 12.0. The molecule has 2 aromatic rings. The molecule has 2 unspecified atom stereocenters. The summed E-state index contributed by atoms with van der Waals surface area (Å²) in [5, 5.41) is 0. The third-order valence-corrected chi connectivity index (χ3v) is 3.22. The molecule has 2 rings (SSSR count). The van der Waals surface area contributed by atoms with Crippen molar-refractivity contribution in [3.8, 4) is 0 Å². The van der Waals surface area contributed by atoms with E-state index in [-0.39, 0.29) is 12.0 Å². The Morgan fingerprint density at radius 3 is 2.82 bits per heavy atom. The van der Waals surface area contributed by atoms with E-state index in [9.17, 15) is 0 Å².